The fraction of sp³-hybridized carbons (Fsp3) is 0.545. The van der Waals surface area contributed by atoms with Crippen molar-refractivity contribution in [2.24, 2.45) is 11.7 Å². The second-order valence-electron chi connectivity index (χ2n) is 8.14. The minimum atomic E-state index is -1.46. The first-order valence-electron chi connectivity index (χ1n) is 10.7. The number of amides is 3. The molecule has 1 aromatic carbocycles. The van der Waals surface area contributed by atoms with Gasteiger partial charge in [0, 0.05) is 6.42 Å². The number of carbonyl (C=O) groups is 4. The van der Waals surface area contributed by atoms with Crippen LogP contribution in [0.15, 0.2) is 24.3 Å². The average Bonchev–Trinajstić information content (AvgIpc) is 2.76. The molecule has 6 unspecified atom stereocenters. The van der Waals surface area contributed by atoms with Crippen LogP contribution in [0.2, 0.25) is 0 Å². The molecule has 1 aromatic rings. The van der Waals surface area contributed by atoms with Gasteiger partial charge in [-0.1, -0.05) is 32.4 Å². The highest BCUT2D eigenvalue weighted by Gasteiger charge is 2.32. The fourth-order valence-corrected chi connectivity index (χ4v) is 2.88. The van der Waals surface area contributed by atoms with E-state index in [1.807, 2.05) is 6.92 Å². The number of aromatic hydroxyl groups is 1. The third-order valence-corrected chi connectivity index (χ3v) is 5.36. The Morgan fingerprint density at radius 3 is 2.00 bits per heavy atom. The van der Waals surface area contributed by atoms with E-state index in [1.165, 1.54) is 26.0 Å². The van der Waals surface area contributed by atoms with Crippen molar-refractivity contribution in [1.29, 1.82) is 0 Å². The predicted molar refractivity (Wildman–Crippen MR) is 120 cm³/mol. The molecular weight excluding hydrogens is 432 g/mol. The highest BCUT2D eigenvalue weighted by Crippen LogP contribution is 2.13. The number of aliphatic hydroxyl groups excluding tert-OH is 1. The lowest BCUT2D eigenvalue weighted by molar-refractivity contribution is -0.142. The van der Waals surface area contributed by atoms with Crippen molar-refractivity contribution in [3.05, 3.63) is 29.8 Å². The summed E-state index contributed by atoms with van der Waals surface area (Å²) in [6, 6.07) is 1.29. The molecule has 1 rings (SSSR count). The van der Waals surface area contributed by atoms with Crippen LogP contribution in [0.1, 0.15) is 39.7 Å². The number of phenols is 1. The Morgan fingerprint density at radius 2 is 1.52 bits per heavy atom. The molecule has 0 aromatic heterocycles. The molecule has 11 nitrogen and oxygen atoms in total. The van der Waals surface area contributed by atoms with E-state index >= 15 is 0 Å². The van der Waals surface area contributed by atoms with Gasteiger partial charge < -0.3 is 37.0 Å². The van der Waals surface area contributed by atoms with Crippen molar-refractivity contribution in [2.45, 2.75) is 70.8 Å². The van der Waals surface area contributed by atoms with Gasteiger partial charge in [-0.3, -0.25) is 19.2 Å². The zero-order valence-corrected chi connectivity index (χ0v) is 19.2. The predicted octanol–water partition coefficient (Wildman–Crippen LogP) is -0.752. The van der Waals surface area contributed by atoms with Gasteiger partial charge in [0.25, 0.3) is 0 Å². The van der Waals surface area contributed by atoms with Gasteiger partial charge in [0.15, 0.2) is 0 Å². The minimum Gasteiger partial charge on any atom is -0.508 e. The molecule has 0 saturated carbocycles. The van der Waals surface area contributed by atoms with Gasteiger partial charge in [-0.15, -0.1) is 0 Å². The molecular formula is C22H34N4O7. The summed E-state index contributed by atoms with van der Waals surface area (Å²) in [6.45, 7) is 6.19. The summed E-state index contributed by atoms with van der Waals surface area (Å²) >= 11 is 0. The summed E-state index contributed by atoms with van der Waals surface area (Å²) in [5, 5.41) is 35.6. The maximum Gasteiger partial charge on any atom is 0.325 e. The van der Waals surface area contributed by atoms with E-state index in [-0.39, 0.29) is 18.1 Å². The first kappa shape index (κ1) is 27.9. The monoisotopic (exact) mass is 466 g/mol. The van der Waals surface area contributed by atoms with Gasteiger partial charge in [0.2, 0.25) is 17.7 Å². The first-order chi connectivity index (χ1) is 15.4. The molecule has 0 fully saturated rings. The SMILES string of the molecule is CCC(C)C(N)C(=O)NC(Cc1ccc(O)cc1)C(=O)NC(C(=O)NC(C)C(=O)O)C(C)O. The van der Waals surface area contributed by atoms with Crippen LogP contribution in [0.5, 0.6) is 5.75 Å². The van der Waals surface area contributed by atoms with Crippen LogP contribution in [-0.2, 0) is 25.6 Å². The molecule has 33 heavy (non-hydrogen) atoms. The van der Waals surface area contributed by atoms with E-state index in [2.05, 4.69) is 16.0 Å². The molecule has 0 saturated heterocycles. The van der Waals surface area contributed by atoms with Gasteiger partial charge in [-0.25, -0.2) is 0 Å². The molecule has 0 bridgehead atoms. The number of nitrogens with one attached hydrogen (secondary N) is 3. The number of rotatable bonds is 12. The van der Waals surface area contributed by atoms with Gasteiger partial charge in [0.1, 0.15) is 23.9 Å². The lowest BCUT2D eigenvalue weighted by atomic mass is 9.98. The maximum atomic E-state index is 13.0. The summed E-state index contributed by atoms with van der Waals surface area (Å²) < 4.78 is 0. The van der Waals surface area contributed by atoms with E-state index in [9.17, 15) is 29.4 Å². The number of hydrogen-bond acceptors (Lipinski definition) is 7. The van der Waals surface area contributed by atoms with E-state index in [0.29, 0.717) is 12.0 Å². The summed E-state index contributed by atoms with van der Waals surface area (Å²) in [6.07, 6.45) is -0.678. The molecule has 0 aliphatic rings. The van der Waals surface area contributed by atoms with Crippen molar-refractivity contribution in [2.75, 3.05) is 0 Å². The minimum absolute atomic E-state index is 0.0186. The number of aliphatic carboxylic acids is 1. The van der Waals surface area contributed by atoms with Crippen LogP contribution < -0.4 is 21.7 Å². The van der Waals surface area contributed by atoms with Gasteiger partial charge >= 0.3 is 5.97 Å². The Hall–Kier alpha value is -3.18. The second-order valence-corrected chi connectivity index (χ2v) is 8.14. The van der Waals surface area contributed by atoms with Crippen molar-refractivity contribution < 1.29 is 34.5 Å². The quantitative estimate of drug-likeness (QED) is 0.209. The average molecular weight is 467 g/mol. The molecule has 0 radical (unpaired) electrons. The summed E-state index contributed by atoms with van der Waals surface area (Å²) in [4.78, 5) is 49.1. The van der Waals surface area contributed by atoms with E-state index in [4.69, 9.17) is 10.8 Å². The molecule has 3 amide bonds. The zero-order valence-electron chi connectivity index (χ0n) is 19.2. The number of hydrogen-bond donors (Lipinski definition) is 7. The van der Waals surface area contributed by atoms with Crippen LogP contribution in [0, 0.1) is 5.92 Å². The summed E-state index contributed by atoms with van der Waals surface area (Å²) in [7, 11) is 0. The first-order valence-corrected chi connectivity index (χ1v) is 10.7. The van der Waals surface area contributed by atoms with Gasteiger partial charge in [-0.05, 0) is 37.5 Å². The Kier molecular flexibility index (Phi) is 10.8. The van der Waals surface area contributed by atoms with Crippen molar-refractivity contribution in [3.8, 4) is 5.75 Å². The molecule has 184 valence electrons. The number of phenolic OH excluding ortho intramolecular Hbond substituents is 1. The lowest BCUT2D eigenvalue weighted by Gasteiger charge is -2.27. The smallest absolute Gasteiger partial charge is 0.325 e. The van der Waals surface area contributed by atoms with E-state index < -0.39 is 54.0 Å². The largest absolute Gasteiger partial charge is 0.508 e. The number of benzene rings is 1. The van der Waals surface area contributed by atoms with E-state index in [1.54, 1.807) is 19.1 Å². The van der Waals surface area contributed by atoms with E-state index in [0.717, 1.165) is 0 Å². The normalized spacial score (nSPS) is 16.4. The molecule has 0 heterocycles. The summed E-state index contributed by atoms with van der Waals surface area (Å²) in [5.74, 6) is -3.61. The molecule has 0 aliphatic carbocycles. The third-order valence-electron chi connectivity index (χ3n) is 5.36. The van der Waals surface area contributed by atoms with Crippen LogP contribution in [-0.4, -0.2) is 69.3 Å². The zero-order chi connectivity index (χ0) is 25.3. The number of carboxylic acid groups (broad SMARTS) is 1. The maximum absolute atomic E-state index is 13.0. The number of aliphatic hydroxyl groups is 1. The molecule has 11 heteroatoms. The van der Waals surface area contributed by atoms with Gasteiger partial charge in [0.05, 0.1) is 12.1 Å². The van der Waals surface area contributed by atoms with Gasteiger partial charge in [-0.2, -0.15) is 0 Å². The van der Waals surface area contributed by atoms with Crippen LogP contribution in [0.25, 0.3) is 0 Å². The third kappa shape index (κ3) is 8.70. The number of carboxylic acids is 1. The van der Waals surface area contributed by atoms with Crippen molar-refractivity contribution >= 4 is 23.7 Å². The Labute approximate surface area is 192 Å². The highest BCUT2D eigenvalue weighted by atomic mass is 16.4. The highest BCUT2D eigenvalue weighted by molar-refractivity contribution is 5.94. The van der Waals surface area contributed by atoms with Crippen LogP contribution in [0.3, 0.4) is 0 Å². The number of nitrogens with two attached hydrogens (primary N) is 1. The van der Waals surface area contributed by atoms with Crippen LogP contribution in [0.4, 0.5) is 0 Å². The second kappa shape index (κ2) is 12.8. The summed E-state index contributed by atoms with van der Waals surface area (Å²) in [5.41, 5.74) is 6.59. The molecule has 6 atom stereocenters. The Bertz CT molecular complexity index is 829. The topological polar surface area (TPSA) is 191 Å². The van der Waals surface area contributed by atoms with Crippen molar-refractivity contribution in [3.63, 3.8) is 0 Å². The van der Waals surface area contributed by atoms with Crippen molar-refractivity contribution in [1.82, 2.24) is 16.0 Å². The molecule has 0 spiro atoms. The Morgan fingerprint density at radius 1 is 0.939 bits per heavy atom. The standard InChI is InChI=1S/C22H34N4O7/c1-5-11(2)17(23)20(30)25-16(10-14-6-8-15(28)9-7-14)19(29)26-18(13(4)27)21(31)24-12(3)22(32)33/h6-9,11-13,16-18,27-28H,5,10,23H2,1-4H3,(H,24,31)(H,25,30)(H,26,29)(H,32,33). The number of carbonyl (C=O) groups excluding carboxylic acids is 3. The molecule has 0 aliphatic heterocycles. The molecule has 8 N–H and O–H groups in total. The lowest BCUT2D eigenvalue weighted by Crippen LogP contribution is -2.60. The van der Waals surface area contributed by atoms with Crippen LogP contribution >= 0.6 is 0 Å². The Balaban J connectivity index is 3.08. The fourth-order valence-electron chi connectivity index (χ4n) is 2.88.